The van der Waals surface area contributed by atoms with Crippen LogP contribution in [0.4, 0.5) is 15.2 Å². The average molecular weight is 512 g/mol. The van der Waals surface area contributed by atoms with Crippen molar-refractivity contribution in [2.24, 2.45) is 0 Å². The van der Waals surface area contributed by atoms with Crippen LogP contribution in [-0.4, -0.2) is 65.5 Å². The molecule has 192 valence electrons. The van der Waals surface area contributed by atoms with Crippen LogP contribution < -0.4 is 14.5 Å². The summed E-state index contributed by atoms with van der Waals surface area (Å²) in [5, 5.41) is 0.812. The number of hydrogen-bond acceptors (Lipinski definition) is 7. The van der Waals surface area contributed by atoms with E-state index in [1.54, 1.807) is 12.1 Å². The van der Waals surface area contributed by atoms with Gasteiger partial charge in [0.05, 0.1) is 12.3 Å². The Morgan fingerprint density at radius 2 is 1.83 bits per heavy atom. The quantitative estimate of drug-likeness (QED) is 0.396. The fraction of sp³-hybridized carbons (Fsp3) is 0.444. The van der Waals surface area contributed by atoms with E-state index in [1.165, 1.54) is 23.7 Å². The molecular formula is C27H34FN5O2S. The third kappa shape index (κ3) is 6.51. The topological polar surface area (TPSA) is 61.8 Å². The zero-order valence-electron chi connectivity index (χ0n) is 21.2. The minimum absolute atomic E-state index is 0.162. The second-order valence-electron chi connectivity index (χ2n) is 9.10. The van der Waals surface area contributed by atoms with E-state index < -0.39 is 0 Å². The first kappa shape index (κ1) is 25.9. The zero-order chi connectivity index (χ0) is 25.5. The van der Waals surface area contributed by atoms with Crippen molar-refractivity contribution in [3.05, 3.63) is 65.7 Å². The number of benzene rings is 2. The third-order valence-electron chi connectivity index (χ3n) is 6.31. The van der Waals surface area contributed by atoms with Gasteiger partial charge in [-0.15, -0.1) is 0 Å². The molecule has 0 N–H and O–H groups in total. The van der Waals surface area contributed by atoms with E-state index in [0.717, 1.165) is 35.2 Å². The molecule has 7 nitrogen and oxygen atoms in total. The molecule has 0 atom stereocenters. The van der Waals surface area contributed by atoms with Gasteiger partial charge in [-0.3, -0.25) is 4.79 Å². The van der Waals surface area contributed by atoms with E-state index in [2.05, 4.69) is 34.1 Å². The molecule has 1 aromatic heterocycles. The lowest BCUT2D eigenvalue weighted by atomic mass is 10.1. The summed E-state index contributed by atoms with van der Waals surface area (Å²) in [6.07, 6.45) is 0.985. The van der Waals surface area contributed by atoms with Crippen molar-refractivity contribution in [3.8, 4) is 5.75 Å². The molecule has 0 spiro atoms. The van der Waals surface area contributed by atoms with Gasteiger partial charge < -0.3 is 19.4 Å². The number of para-hydroxylation sites is 2. The standard InChI is InChI=1S/C27H34FN5O2S/c1-4-35-24-8-6-5-7-23(24)31-15-17-32(18-16-31)26(34)13-14-33(20(2)3)27-29-25(30-36-27)19-21-9-11-22(28)12-10-21/h5-12,20H,4,13-19H2,1-3H3. The maximum atomic E-state index is 13.2. The van der Waals surface area contributed by atoms with Gasteiger partial charge in [0.1, 0.15) is 17.4 Å². The number of anilines is 2. The van der Waals surface area contributed by atoms with Crippen molar-refractivity contribution in [1.82, 2.24) is 14.3 Å². The highest BCUT2D eigenvalue weighted by Crippen LogP contribution is 2.29. The van der Waals surface area contributed by atoms with Crippen LogP contribution in [0.5, 0.6) is 5.75 Å². The van der Waals surface area contributed by atoms with Gasteiger partial charge in [0.2, 0.25) is 11.0 Å². The van der Waals surface area contributed by atoms with Gasteiger partial charge in [-0.05, 0) is 50.6 Å². The normalized spacial score (nSPS) is 13.8. The summed E-state index contributed by atoms with van der Waals surface area (Å²) in [5.41, 5.74) is 2.06. The lowest BCUT2D eigenvalue weighted by molar-refractivity contribution is -0.131. The van der Waals surface area contributed by atoms with Gasteiger partial charge in [-0.1, -0.05) is 24.3 Å². The second-order valence-corrected chi connectivity index (χ2v) is 9.83. The highest BCUT2D eigenvalue weighted by Gasteiger charge is 2.24. The number of halogens is 1. The molecule has 1 saturated heterocycles. The molecule has 1 fully saturated rings. The molecule has 0 aliphatic carbocycles. The predicted octanol–water partition coefficient (Wildman–Crippen LogP) is 4.62. The highest BCUT2D eigenvalue weighted by atomic mass is 32.1. The summed E-state index contributed by atoms with van der Waals surface area (Å²) < 4.78 is 23.5. The van der Waals surface area contributed by atoms with Gasteiger partial charge in [0, 0.05) is 63.1 Å². The first-order chi connectivity index (χ1) is 17.4. The summed E-state index contributed by atoms with van der Waals surface area (Å²) in [6, 6.07) is 14.7. The largest absolute Gasteiger partial charge is 0.492 e. The van der Waals surface area contributed by atoms with Crippen LogP contribution >= 0.6 is 11.5 Å². The van der Waals surface area contributed by atoms with Crippen LogP contribution in [0.3, 0.4) is 0 Å². The van der Waals surface area contributed by atoms with Gasteiger partial charge in [0.25, 0.3) is 0 Å². The smallest absolute Gasteiger partial charge is 0.224 e. The number of carbonyl (C=O) groups is 1. The monoisotopic (exact) mass is 511 g/mol. The third-order valence-corrected chi connectivity index (χ3v) is 7.10. The van der Waals surface area contributed by atoms with Crippen LogP contribution in [0.25, 0.3) is 0 Å². The number of ether oxygens (including phenoxy) is 1. The van der Waals surface area contributed by atoms with Crippen molar-refractivity contribution >= 4 is 28.3 Å². The van der Waals surface area contributed by atoms with Crippen LogP contribution in [0.1, 0.15) is 38.6 Å². The molecule has 4 rings (SSSR count). The molecule has 0 unspecified atom stereocenters. The molecule has 1 amide bonds. The summed E-state index contributed by atoms with van der Waals surface area (Å²) in [6.45, 7) is 10.4. The number of piperazine rings is 1. The molecular weight excluding hydrogens is 477 g/mol. The second kappa shape index (κ2) is 12.2. The predicted molar refractivity (Wildman–Crippen MR) is 143 cm³/mol. The van der Waals surface area contributed by atoms with Crippen molar-refractivity contribution in [2.75, 3.05) is 49.1 Å². The van der Waals surface area contributed by atoms with Crippen LogP contribution in [0.2, 0.25) is 0 Å². The van der Waals surface area contributed by atoms with Gasteiger partial charge in [0.15, 0.2) is 0 Å². The Morgan fingerprint density at radius 1 is 1.11 bits per heavy atom. The molecule has 0 bridgehead atoms. The van der Waals surface area contributed by atoms with Crippen molar-refractivity contribution < 1.29 is 13.9 Å². The van der Waals surface area contributed by atoms with Crippen molar-refractivity contribution in [3.63, 3.8) is 0 Å². The van der Waals surface area contributed by atoms with E-state index in [4.69, 9.17) is 9.72 Å². The fourth-order valence-corrected chi connectivity index (χ4v) is 5.21. The molecule has 1 aliphatic heterocycles. The Morgan fingerprint density at radius 3 is 2.53 bits per heavy atom. The molecule has 2 heterocycles. The van der Waals surface area contributed by atoms with E-state index in [0.29, 0.717) is 44.9 Å². The van der Waals surface area contributed by atoms with Crippen molar-refractivity contribution in [1.29, 1.82) is 0 Å². The van der Waals surface area contributed by atoms with E-state index in [-0.39, 0.29) is 17.8 Å². The maximum Gasteiger partial charge on any atom is 0.224 e. The van der Waals surface area contributed by atoms with Gasteiger partial charge in [-0.2, -0.15) is 4.37 Å². The molecule has 0 saturated carbocycles. The SMILES string of the molecule is CCOc1ccccc1N1CCN(C(=O)CCN(c2nc(Cc3ccc(F)cc3)ns2)C(C)C)CC1. The van der Waals surface area contributed by atoms with Crippen LogP contribution in [0, 0.1) is 5.82 Å². The summed E-state index contributed by atoms with van der Waals surface area (Å²) in [7, 11) is 0. The molecule has 0 radical (unpaired) electrons. The zero-order valence-corrected chi connectivity index (χ0v) is 22.0. The number of rotatable bonds is 10. The van der Waals surface area contributed by atoms with E-state index in [1.807, 2.05) is 30.0 Å². The summed E-state index contributed by atoms with van der Waals surface area (Å²) in [5.74, 6) is 1.51. The summed E-state index contributed by atoms with van der Waals surface area (Å²) in [4.78, 5) is 24.1. The summed E-state index contributed by atoms with van der Waals surface area (Å²) >= 11 is 1.35. The number of nitrogens with zero attached hydrogens (tertiary/aromatic N) is 5. The Bertz CT molecular complexity index is 1130. The lowest BCUT2D eigenvalue weighted by Crippen LogP contribution is -2.49. The lowest BCUT2D eigenvalue weighted by Gasteiger charge is -2.37. The first-order valence-electron chi connectivity index (χ1n) is 12.5. The number of hydrogen-bond donors (Lipinski definition) is 0. The fourth-order valence-electron chi connectivity index (χ4n) is 4.36. The van der Waals surface area contributed by atoms with Crippen LogP contribution in [0.15, 0.2) is 48.5 Å². The average Bonchev–Trinajstić information content (AvgIpc) is 3.34. The molecule has 9 heteroatoms. The first-order valence-corrected chi connectivity index (χ1v) is 13.3. The van der Waals surface area contributed by atoms with Crippen LogP contribution in [-0.2, 0) is 11.2 Å². The van der Waals surface area contributed by atoms with Gasteiger partial charge >= 0.3 is 0 Å². The Kier molecular flexibility index (Phi) is 8.74. The Hall–Kier alpha value is -3.20. The minimum atomic E-state index is -0.252. The van der Waals surface area contributed by atoms with E-state index in [9.17, 15) is 9.18 Å². The number of aromatic nitrogens is 2. The van der Waals surface area contributed by atoms with Crippen molar-refractivity contribution in [2.45, 2.75) is 39.7 Å². The molecule has 2 aromatic carbocycles. The minimum Gasteiger partial charge on any atom is -0.492 e. The molecule has 36 heavy (non-hydrogen) atoms. The van der Waals surface area contributed by atoms with E-state index >= 15 is 0 Å². The molecule has 3 aromatic rings. The molecule has 1 aliphatic rings. The van der Waals surface area contributed by atoms with Gasteiger partial charge in [-0.25, -0.2) is 9.37 Å². The Balaban J connectivity index is 1.30. The highest BCUT2D eigenvalue weighted by molar-refractivity contribution is 7.09. The number of amides is 1. The number of carbonyl (C=O) groups excluding carboxylic acids is 1. The Labute approximate surface area is 216 Å². The maximum absolute atomic E-state index is 13.2.